The maximum Gasteiger partial charge on any atom is 0.344 e. The van der Waals surface area contributed by atoms with Gasteiger partial charge in [0.15, 0.2) is 11.5 Å². The van der Waals surface area contributed by atoms with Crippen LogP contribution in [0.3, 0.4) is 0 Å². The van der Waals surface area contributed by atoms with Crippen LogP contribution >= 0.6 is 0 Å². The highest BCUT2D eigenvalue weighted by molar-refractivity contribution is 5.84. The molecule has 0 aliphatic rings. The maximum atomic E-state index is 14.2. The van der Waals surface area contributed by atoms with Gasteiger partial charge in [-0.05, 0) is 48.9 Å². The first-order valence-electron chi connectivity index (χ1n) is 12.7. The van der Waals surface area contributed by atoms with Crippen molar-refractivity contribution in [2.75, 3.05) is 14.2 Å². The van der Waals surface area contributed by atoms with Crippen LogP contribution in [0.25, 0.3) is 16.7 Å². The Morgan fingerprint density at radius 1 is 0.927 bits per heavy atom. The van der Waals surface area contributed by atoms with Crippen molar-refractivity contribution >= 4 is 16.9 Å². The van der Waals surface area contributed by atoms with Gasteiger partial charge in [-0.3, -0.25) is 14.3 Å². The number of hydrogen-bond donors (Lipinski definition) is 1. The summed E-state index contributed by atoms with van der Waals surface area (Å²) in [5, 5.41) is 11.8. The monoisotopic (exact) mass is 556 g/mol. The molecule has 0 aliphatic carbocycles. The Labute approximate surface area is 234 Å². The molecule has 0 bridgehead atoms. The predicted molar refractivity (Wildman–Crippen MR) is 152 cm³/mol. The van der Waals surface area contributed by atoms with Crippen molar-refractivity contribution in [1.82, 2.24) is 9.36 Å². The molecule has 0 amide bonds. The van der Waals surface area contributed by atoms with Crippen LogP contribution < -0.4 is 25.4 Å². The minimum atomic E-state index is -1.13. The highest BCUT2D eigenvalue weighted by atomic mass is 16.6. The number of hydrogen-bond acceptors (Lipinski definition) is 8. The lowest BCUT2D eigenvalue weighted by Gasteiger charge is -2.21. The molecule has 0 aliphatic heterocycles. The first kappa shape index (κ1) is 27.3. The summed E-state index contributed by atoms with van der Waals surface area (Å²) < 4.78 is 25.2. The molecule has 2 aromatic heterocycles. The molecule has 0 saturated carbocycles. The van der Waals surface area contributed by atoms with Crippen LogP contribution in [0, 0.1) is 6.92 Å². The van der Waals surface area contributed by atoms with Gasteiger partial charge >= 0.3 is 11.6 Å². The van der Waals surface area contributed by atoms with Gasteiger partial charge in [0.2, 0.25) is 5.75 Å². The topological polar surface area (TPSA) is 122 Å². The molecule has 3 aromatic carbocycles. The molecule has 10 heteroatoms. The average Bonchev–Trinajstić information content (AvgIpc) is 3.18. The van der Waals surface area contributed by atoms with E-state index in [0.29, 0.717) is 22.3 Å². The van der Waals surface area contributed by atoms with Crippen molar-refractivity contribution in [1.29, 1.82) is 0 Å². The number of nitrogens with zero attached hydrogens (tertiary/aromatic N) is 2. The van der Waals surface area contributed by atoms with E-state index in [1.54, 1.807) is 55.1 Å². The molecule has 1 atom stereocenters. The highest BCUT2D eigenvalue weighted by Gasteiger charge is 2.34. The molecule has 2 heterocycles. The number of benzene rings is 3. The van der Waals surface area contributed by atoms with Gasteiger partial charge in [0.05, 0.1) is 42.3 Å². The van der Waals surface area contributed by atoms with Gasteiger partial charge < -0.3 is 23.7 Å². The predicted octanol–water partition coefficient (Wildman–Crippen LogP) is 4.42. The van der Waals surface area contributed by atoms with Gasteiger partial charge in [-0.2, -0.15) is 0 Å². The lowest BCUT2D eigenvalue weighted by atomic mass is 9.84. The first-order valence-corrected chi connectivity index (χ1v) is 12.7. The van der Waals surface area contributed by atoms with E-state index in [2.05, 4.69) is 0 Å². The van der Waals surface area contributed by atoms with E-state index in [9.17, 15) is 19.5 Å². The Hall–Kier alpha value is -5.25. The number of ether oxygens (including phenoxy) is 3. The van der Waals surface area contributed by atoms with Gasteiger partial charge in [-0.1, -0.05) is 30.3 Å². The zero-order chi connectivity index (χ0) is 29.4. The molecule has 1 unspecified atom stereocenters. The van der Waals surface area contributed by atoms with Crippen molar-refractivity contribution in [3.8, 4) is 28.7 Å². The number of aromatic nitrogens is 2. The molecule has 1 N–H and O–H groups in total. The Bertz CT molecular complexity index is 1870. The zero-order valence-corrected chi connectivity index (χ0v) is 23.1. The van der Waals surface area contributed by atoms with Gasteiger partial charge in [0, 0.05) is 19.7 Å². The molecule has 0 fully saturated rings. The molecule has 0 radical (unpaired) electrons. The Balaban J connectivity index is 1.90. The van der Waals surface area contributed by atoms with Crippen molar-refractivity contribution < 1.29 is 28.5 Å². The molecule has 5 rings (SSSR count). The number of esters is 1. The third-order valence-corrected chi connectivity index (χ3v) is 7.06. The second-order valence-electron chi connectivity index (χ2n) is 9.40. The summed E-state index contributed by atoms with van der Waals surface area (Å²) in [7, 11) is 4.51. The molecule has 210 valence electrons. The van der Waals surface area contributed by atoms with Crippen molar-refractivity contribution in [2.45, 2.75) is 19.8 Å². The molecular formula is C31H28N2O8. The van der Waals surface area contributed by atoms with Gasteiger partial charge in [-0.25, -0.2) is 9.48 Å². The van der Waals surface area contributed by atoms with E-state index in [4.69, 9.17) is 18.6 Å². The summed E-state index contributed by atoms with van der Waals surface area (Å²) in [6.07, 6.45) is 0. The van der Waals surface area contributed by atoms with E-state index in [1.807, 2.05) is 18.2 Å². The number of rotatable bonds is 7. The molecule has 5 aromatic rings. The number of carbonyl (C=O) groups excluding carboxylic acids is 1. The van der Waals surface area contributed by atoms with Crippen LogP contribution in [0.5, 0.6) is 23.0 Å². The van der Waals surface area contributed by atoms with E-state index >= 15 is 0 Å². The van der Waals surface area contributed by atoms with Crippen molar-refractivity contribution in [3.05, 3.63) is 110 Å². The minimum absolute atomic E-state index is 0.0336. The normalized spacial score (nSPS) is 11.8. The van der Waals surface area contributed by atoms with Gasteiger partial charge in [-0.15, -0.1) is 0 Å². The molecule has 0 saturated heterocycles. The molecule has 10 nitrogen and oxygen atoms in total. The molecular weight excluding hydrogens is 528 g/mol. The fraction of sp³-hybridized carbons (Fsp3) is 0.194. The Kier molecular flexibility index (Phi) is 7.15. The van der Waals surface area contributed by atoms with Crippen LogP contribution in [0.2, 0.25) is 0 Å². The number of methoxy groups -OCH3 is 2. The maximum absolute atomic E-state index is 14.2. The summed E-state index contributed by atoms with van der Waals surface area (Å²) in [5.74, 6) is -1.76. The quantitative estimate of drug-likeness (QED) is 0.178. The van der Waals surface area contributed by atoms with E-state index in [-0.39, 0.29) is 39.7 Å². The Morgan fingerprint density at radius 2 is 1.54 bits per heavy atom. The smallest absolute Gasteiger partial charge is 0.344 e. The highest BCUT2D eigenvalue weighted by Crippen LogP contribution is 2.45. The zero-order valence-electron chi connectivity index (χ0n) is 23.1. The lowest BCUT2D eigenvalue weighted by molar-refractivity contribution is -0.132. The number of para-hydroxylation sites is 2. The third kappa shape index (κ3) is 4.63. The number of aromatic hydroxyl groups is 1. The van der Waals surface area contributed by atoms with Crippen LogP contribution in [-0.2, 0) is 11.8 Å². The lowest BCUT2D eigenvalue weighted by Crippen LogP contribution is -2.25. The van der Waals surface area contributed by atoms with E-state index in [1.165, 1.54) is 38.0 Å². The minimum Gasteiger partial charge on any atom is -0.507 e. The summed E-state index contributed by atoms with van der Waals surface area (Å²) in [6, 6.07) is 18.7. The van der Waals surface area contributed by atoms with Gasteiger partial charge in [0.25, 0.3) is 5.56 Å². The van der Waals surface area contributed by atoms with E-state index < -0.39 is 23.1 Å². The SMILES string of the molecule is COc1cc(C(c2c(O)c3ccccc3oc2=O)c2c(C)n(C)n(-c3ccccc3)c2=O)cc(OC)c1OC(C)=O. The van der Waals surface area contributed by atoms with E-state index in [0.717, 1.165) is 0 Å². The summed E-state index contributed by atoms with van der Waals surface area (Å²) in [5.41, 5.74) is 0.568. The fourth-order valence-corrected chi connectivity index (χ4v) is 5.11. The first-order chi connectivity index (χ1) is 19.7. The van der Waals surface area contributed by atoms with Crippen LogP contribution in [0.15, 0.2) is 80.7 Å². The summed E-state index contributed by atoms with van der Waals surface area (Å²) in [4.78, 5) is 39.6. The van der Waals surface area contributed by atoms with Crippen molar-refractivity contribution in [3.63, 3.8) is 0 Å². The van der Waals surface area contributed by atoms with Crippen molar-refractivity contribution in [2.24, 2.45) is 7.05 Å². The Morgan fingerprint density at radius 3 is 2.15 bits per heavy atom. The summed E-state index contributed by atoms with van der Waals surface area (Å²) in [6.45, 7) is 3.00. The third-order valence-electron chi connectivity index (χ3n) is 7.06. The van der Waals surface area contributed by atoms with Crippen LogP contribution in [0.1, 0.15) is 35.2 Å². The second-order valence-corrected chi connectivity index (χ2v) is 9.40. The fourth-order valence-electron chi connectivity index (χ4n) is 5.11. The molecule has 0 spiro atoms. The number of fused-ring (bicyclic) bond motifs is 1. The summed E-state index contributed by atoms with van der Waals surface area (Å²) >= 11 is 0. The number of carbonyl (C=O) groups is 1. The average molecular weight is 557 g/mol. The standard InChI is InChI=1S/C31H28N2O8/c1-17-25(30(36)33(32(17)3)20-11-7-6-8-12-20)26(27-28(35)21-13-9-10-14-22(21)41-31(27)37)19-15-23(38-4)29(40-18(2)34)24(16-19)39-5/h6-16,26,35H,1-5H3. The van der Waals surface area contributed by atoms with Gasteiger partial charge in [0.1, 0.15) is 11.3 Å². The largest absolute Gasteiger partial charge is 0.507 e. The van der Waals surface area contributed by atoms with Crippen LogP contribution in [-0.4, -0.2) is 34.7 Å². The molecule has 41 heavy (non-hydrogen) atoms. The van der Waals surface area contributed by atoms with Crippen LogP contribution in [0.4, 0.5) is 0 Å². The second kappa shape index (κ2) is 10.7.